The molecule has 2 atom stereocenters. The summed E-state index contributed by atoms with van der Waals surface area (Å²) in [5.74, 6) is -0.0840. The fourth-order valence-electron chi connectivity index (χ4n) is 2.69. The van der Waals surface area contributed by atoms with Crippen molar-refractivity contribution in [3.63, 3.8) is 0 Å². The van der Waals surface area contributed by atoms with Gasteiger partial charge in [-0.2, -0.15) is 0 Å². The number of hydrogen-bond donors (Lipinski definition) is 1. The maximum atomic E-state index is 13.3. The van der Waals surface area contributed by atoms with E-state index in [0.717, 1.165) is 17.6 Å². The molecule has 0 radical (unpaired) electrons. The van der Waals surface area contributed by atoms with Crippen molar-refractivity contribution in [2.75, 3.05) is 13.1 Å². The highest BCUT2D eigenvalue weighted by molar-refractivity contribution is 5.92. The summed E-state index contributed by atoms with van der Waals surface area (Å²) in [7, 11) is 0. The first-order chi connectivity index (χ1) is 9.52. The number of piperidine rings is 1. The van der Waals surface area contributed by atoms with Gasteiger partial charge >= 0.3 is 0 Å². The summed E-state index contributed by atoms with van der Waals surface area (Å²) in [6.45, 7) is 4.85. The zero-order valence-corrected chi connectivity index (χ0v) is 12.0. The third-order valence-corrected chi connectivity index (χ3v) is 3.99. The van der Waals surface area contributed by atoms with Crippen molar-refractivity contribution >= 4 is 5.91 Å². The number of halogens is 1. The molecule has 1 aromatic rings. The topological polar surface area (TPSA) is 46.3 Å². The van der Waals surface area contributed by atoms with E-state index in [-0.39, 0.29) is 23.7 Å². The van der Waals surface area contributed by atoms with Crippen molar-refractivity contribution in [3.8, 4) is 0 Å². The van der Waals surface area contributed by atoms with Gasteiger partial charge in [-0.05, 0) is 38.0 Å². The second kappa shape index (κ2) is 6.18. The molecule has 2 rings (SSSR count). The summed E-state index contributed by atoms with van der Waals surface area (Å²) >= 11 is 0. The Morgan fingerprint density at radius 3 is 2.85 bits per heavy atom. The van der Waals surface area contributed by atoms with Gasteiger partial charge in [-0.15, -0.1) is 0 Å². The molecule has 1 amide bonds. The number of carbonyl (C=O) groups excluding carboxylic acids is 1. The highest BCUT2D eigenvalue weighted by Gasteiger charge is 2.30. The highest BCUT2D eigenvalue weighted by Crippen LogP contribution is 2.28. The maximum Gasteiger partial charge on any atom is 0.249 e. The predicted molar refractivity (Wildman–Crippen MR) is 77.7 cm³/mol. The van der Waals surface area contributed by atoms with Gasteiger partial charge in [0, 0.05) is 30.6 Å². The third kappa shape index (κ3) is 3.07. The molecule has 1 aromatic carbocycles. The average Bonchev–Trinajstić information content (AvgIpc) is 2.45. The molecule has 0 spiro atoms. The van der Waals surface area contributed by atoms with Crippen molar-refractivity contribution < 1.29 is 9.18 Å². The Hall–Kier alpha value is -1.68. The van der Waals surface area contributed by atoms with Crippen LogP contribution in [0.4, 0.5) is 4.39 Å². The Labute approximate surface area is 119 Å². The zero-order chi connectivity index (χ0) is 14.7. The van der Waals surface area contributed by atoms with Crippen LogP contribution in [0.2, 0.25) is 0 Å². The number of amides is 1. The molecule has 2 N–H and O–H groups in total. The molecule has 2 unspecified atom stereocenters. The van der Waals surface area contributed by atoms with E-state index in [9.17, 15) is 9.18 Å². The lowest BCUT2D eigenvalue weighted by Crippen LogP contribution is -2.49. The molecule has 3 nitrogen and oxygen atoms in total. The standard InChI is InChI=1S/C16H21FN2O/c1-3-11(2)16(20)19-8-7-14(15(18)10-19)12-5-4-6-13(17)9-12/h3-6,9,14-15H,7-8,10,18H2,1-2H3/b11-3+. The molecule has 4 heteroatoms. The van der Waals surface area contributed by atoms with Crippen LogP contribution < -0.4 is 5.73 Å². The van der Waals surface area contributed by atoms with Crippen LogP contribution in [0.25, 0.3) is 0 Å². The fourth-order valence-corrected chi connectivity index (χ4v) is 2.69. The lowest BCUT2D eigenvalue weighted by Gasteiger charge is -2.37. The minimum absolute atomic E-state index is 0.0423. The van der Waals surface area contributed by atoms with Gasteiger partial charge in [-0.3, -0.25) is 4.79 Å². The zero-order valence-electron chi connectivity index (χ0n) is 12.0. The van der Waals surface area contributed by atoms with Crippen LogP contribution >= 0.6 is 0 Å². The molecule has 1 fully saturated rings. The smallest absolute Gasteiger partial charge is 0.249 e. The van der Waals surface area contributed by atoms with Crippen molar-refractivity contribution in [1.29, 1.82) is 0 Å². The first-order valence-electron chi connectivity index (χ1n) is 6.96. The first kappa shape index (κ1) is 14.7. The molecule has 0 saturated carbocycles. The van der Waals surface area contributed by atoms with Gasteiger partial charge in [-0.25, -0.2) is 4.39 Å². The van der Waals surface area contributed by atoms with Crippen LogP contribution in [0, 0.1) is 5.82 Å². The van der Waals surface area contributed by atoms with Crippen LogP contribution in [0.3, 0.4) is 0 Å². The molecule has 20 heavy (non-hydrogen) atoms. The molecule has 0 aliphatic carbocycles. The summed E-state index contributed by atoms with van der Waals surface area (Å²) in [4.78, 5) is 13.9. The summed E-state index contributed by atoms with van der Waals surface area (Å²) < 4.78 is 13.3. The number of nitrogens with two attached hydrogens (primary N) is 1. The Morgan fingerprint density at radius 2 is 2.25 bits per heavy atom. The molecule has 1 aliphatic rings. The Kier molecular flexibility index (Phi) is 4.55. The van der Waals surface area contributed by atoms with Gasteiger partial charge in [-0.1, -0.05) is 18.2 Å². The summed E-state index contributed by atoms with van der Waals surface area (Å²) in [6, 6.07) is 6.43. The average molecular weight is 276 g/mol. The number of carbonyl (C=O) groups is 1. The van der Waals surface area contributed by atoms with E-state index >= 15 is 0 Å². The molecule has 0 bridgehead atoms. The quantitative estimate of drug-likeness (QED) is 0.843. The second-order valence-corrected chi connectivity index (χ2v) is 5.34. The van der Waals surface area contributed by atoms with Gasteiger partial charge in [0.25, 0.3) is 0 Å². The number of allylic oxidation sites excluding steroid dienone is 1. The largest absolute Gasteiger partial charge is 0.337 e. The second-order valence-electron chi connectivity index (χ2n) is 5.34. The minimum atomic E-state index is -0.238. The summed E-state index contributed by atoms with van der Waals surface area (Å²) in [6.07, 6.45) is 2.58. The molecule has 1 saturated heterocycles. The van der Waals surface area contributed by atoms with E-state index in [0.29, 0.717) is 13.1 Å². The number of nitrogens with zero attached hydrogens (tertiary/aromatic N) is 1. The van der Waals surface area contributed by atoms with Crippen molar-refractivity contribution in [1.82, 2.24) is 4.90 Å². The van der Waals surface area contributed by atoms with E-state index < -0.39 is 0 Å². The number of benzene rings is 1. The molecule has 0 aromatic heterocycles. The highest BCUT2D eigenvalue weighted by atomic mass is 19.1. The molecule has 1 aliphatic heterocycles. The van der Waals surface area contributed by atoms with Gasteiger partial charge in [0.05, 0.1) is 0 Å². The van der Waals surface area contributed by atoms with Gasteiger partial charge in [0.1, 0.15) is 5.82 Å². The fraction of sp³-hybridized carbons (Fsp3) is 0.438. The number of rotatable bonds is 2. The maximum absolute atomic E-state index is 13.3. The van der Waals surface area contributed by atoms with Crippen LogP contribution in [0.15, 0.2) is 35.9 Å². The minimum Gasteiger partial charge on any atom is -0.337 e. The van der Waals surface area contributed by atoms with E-state index in [2.05, 4.69) is 0 Å². The van der Waals surface area contributed by atoms with Crippen LogP contribution in [-0.2, 0) is 4.79 Å². The monoisotopic (exact) mass is 276 g/mol. The SMILES string of the molecule is C/C=C(\C)C(=O)N1CCC(c2cccc(F)c2)C(N)C1. The normalized spacial score (nSPS) is 23.8. The van der Waals surface area contributed by atoms with Crippen molar-refractivity contribution in [3.05, 3.63) is 47.3 Å². The first-order valence-corrected chi connectivity index (χ1v) is 6.96. The molecular weight excluding hydrogens is 255 g/mol. The van der Waals surface area contributed by atoms with Crippen LogP contribution in [0.1, 0.15) is 31.7 Å². The van der Waals surface area contributed by atoms with E-state index in [4.69, 9.17) is 5.73 Å². The van der Waals surface area contributed by atoms with Gasteiger partial charge in [0.15, 0.2) is 0 Å². The Morgan fingerprint density at radius 1 is 1.50 bits per heavy atom. The van der Waals surface area contributed by atoms with E-state index in [1.807, 2.05) is 26.0 Å². The lowest BCUT2D eigenvalue weighted by atomic mass is 9.85. The number of hydrogen-bond acceptors (Lipinski definition) is 2. The molecule has 1 heterocycles. The summed E-state index contributed by atoms with van der Waals surface area (Å²) in [5.41, 5.74) is 7.86. The van der Waals surface area contributed by atoms with Gasteiger partial charge in [0.2, 0.25) is 5.91 Å². The lowest BCUT2D eigenvalue weighted by molar-refractivity contribution is -0.128. The van der Waals surface area contributed by atoms with Crippen LogP contribution in [-0.4, -0.2) is 29.9 Å². The van der Waals surface area contributed by atoms with Crippen molar-refractivity contribution in [2.24, 2.45) is 5.73 Å². The molecule has 108 valence electrons. The Balaban J connectivity index is 2.08. The van der Waals surface area contributed by atoms with E-state index in [1.165, 1.54) is 6.07 Å². The van der Waals surface area contributed by atoms with Gasteiger partial charge < -0.3 is 10.6 Å². The van der Waals surface area contributed by atoms with E-state index in [1.54, 1.807) is 17.0 Å². The predicted octanol–water partition coefficient (Wildman–Crippen LogP) is 2.44. The number of likely N-dealkylation sites (tertiary alicyclic amines) is 1. The third-order valence-electron chi connectivity index (χ3n) is 3.99. The summed E-state index contributed by atoms with van der Waals surface area (Å²) in [5, 5.41) is 0. The molecular formula is C16H21FN2O. The Bertz CT molecular complexity index is 527. The van der Waals surface area contributed by atoms with Crippen molar-refractivity contribution in [2.45, 2.75) is 32.2 Å². The van der Waals surface area contributed by atoms with Crippen LogP contribution in [0.5, 0.6) is 0 Å².